The van der Waals surface area contributed by atoms with Crippen molar-refractivity contribution in [1.82, 2.24) is 19.9 Å². The summed E-state index contributed by atoms with van der Waals surface area (Å²) in [6.45, 7) is 3.70. The highest BCUT2D eigenvalue weighted by molar-refractivity contribution is 6.31. The largest absolute Gasteiger partial charge is 0.252 e. The van der Waals surface area contributed by atoms with Crippen LogP contribution < -0.4 is 0 Å². The molecule has 0 aliphatic carbocycles. The number of halogens is 6. The first-order chi connectivity index (χ1) is 15.5. The van der Waals surface area contributed by atoms with Crippen molar-refractivity contribution in [3.63, 3.8) is 0 Å². The monoisotopic (exact) mass is 524 g/mol. The van der Waals surface area contributed by atoms with E-state index in [-0.39, 0.29) is 32.8 Å². The highest BCUT2D eigenvalue weighted by Crippen LogP contribution is 2.36. The molecule has 4 aromatic heterocycles. The predicted molar refractivity (Wildman–Crippen MR) is 127 cm³/mol. The molecule has 0 radical (unpaired) electrons. The van der Waals surface area contributed by atoms with Crippen LogP contribution in [0, 0.1) is 11.9 Å². The minimum Gasteiger partial charge on any atom is -0.252 e. The van der Waals surface area contributed by atoms with Crippen LogP contribution in [0.2, 0.25) is 20.4 Å². The van der Waals surface area contributed by atoms with Crippen LogP contribution in [0.3, 0.4) is 0 Å². The molecule has 4 rings (SSSR count). The molecule has 33 heavy (non-hydrogen) atoms. The highest BCUT2D eigenvalue weighted by Gasteiger charge is 2.29. The van der Waals surface area contributed by atoms with E-state index >= 15 is 0 Å². The molecule has 4 heterocycles. The Kier molecular flexibility index (Phi) is 6.56. The Hall–Kier alpha value is -2.38. The normalized spacial score (nSPS) is 11.6. The van der Waals surface area contributed by atoms with Gasteiger partial charge >= 0.3 is 0 Å². The van der Waals surface area contributed by atoms with Crippen LogP contribution in [0.1, 0.15) is 25.2 Å². The summed E-state index contributed by atoms with van der Waals surface area (Å²) in [7, 11) is 0. The fraction of sp³-hybridized carbons (Fsp3) is 0.130. The van der Waals surface area contributed by atoms with E-state index in [1.165, 1.54) is 36.4 Å². The lowest BCUT2D eigenvalue weighted by atomic mass is 9.84. The quantitative estimate of drug-likeness (QED) is 0.255. The van der Waals surface area contributed by atoms with Gasteiger partial charge in [-0.2, -0.15) is 8.78 Å². The number of hydrogen-bond acceptors (Lipinski definition) is 4. The predicted octanol–water partition coefficient (Wildman–Crippen LogP) is 7.82. The molecule has 10 heteroatoms. The van der Waals surface area contributed by atoms with E-state index in [0.717, 1.165) is 0 Å². The van der Waals surface area contributed by atoms with Crippen LogP contribution in [0.4, 0.5) is 8.78 Å². The maximum Gasteiger partial charge on any atom is 0.223 e. The van der Waals surface area contributed by atoms with Gasteiger partial charge in [0.2, 0.25) is 11.9 Å². The highest BCUT2D eigenvalue weighted by atomic mass is 35.5. The minimum atomic E-state index is -0.841. The molecule has 0 spiro atoms. The molecule has 0 aliphatic heterocycles. The first kappa shape index (κ1) is 23.8. The lowest BCUT2D eigenvalue weighted by Gasteiger charge is -2.25. The van der Waals surface area contributed by atoms with E-state index in [1.807, 2.05) is 13.8 Å². The van der Waals surface area contributed by atoms with E-state index in [2.05, 4.69) is 19.9 Å². The standard InChI is InChI=1S/C23H14Cl4F2N4/c1-23(2,17-9-11(24)7-15(30-17)13-3-5-19(26)32-21(13)28)18-10-12(25)8-16(31-18)14-4-6-20(27)33-22(14)29/h3-10H,1-2H3. The Balaban J connectivity index is 1.83. The fourth-order valence-corrected chi connectivity index (χ4v) is 3.94. The van der Waals surface area contributed by atoms with Gasteiger partial charge in [-0.15, -0.1) is 0 Å². The summed E-state index contributed by atoms with van der Waals surface area (Å²) in [5.74, 6) is -1.54. The second kappa shape index (κ2) is 9.11. The van der Waals surface area contributed by atoms with Gasteiger partial charge in [0.25, 0.3) is 0 Å². The Morgan fingerprint density at radius 2 is 1.00 bits per heavy atom. The SMILES string of the molecule is CC(C)(c1cc(Cl)cc(-c2ccc(Cl)nc2F)n1)c1cc(Cl)cc(-c2ccc(Cl)nc2F)n1. The molecule has 0 atom stereocenters. The van der Waals surface area contributed by atoms with Gasteiger partial charge in [0.05, 0.1) is 33.9 Å². The van der Waals surface area contributed by atoms with Gasteiger partial charge in [-0.25, -0.2) is 9.97 Å². The van der Waals surface area contributed by atoms with Crippen LogP contribution in [-0.2, 0) is 5.41 Å². The van der Waals surface area contributed by atoms with Crippen LogP contribution in [-0.4, -0.2) is 19.9 Å². The zero-order valence-corrected chi connectivity index (χ0v) is 20.2. The fourth-order valence-electron chi connectivity index (χ4n) is 3.25. The molecule has 0 N–H and O–H groups in total. The molecule has 0 unspecified atom stereocenters. The van der Waals surface area contributed by atoms with Crippen molar-refractivity contribution >= 4 is 46.4 Å². The average molecular weight is 526 g/mol. The zero-order valence-electron chi connectivity index (χ0n) is 17.2. The van der Waals surface area contributed by atoms with Crippen molar-refractivity contribution in [2.45, 2.75) is 19.3 Å². The van der Waals surface area contributed by atoms with E-state index in [0.29, 0.717) is 21.4 Å². The van der Waals surface area contributed by atoms with E-state index in [9.17, 15) is 8.78 Å². The van der Waals surface area contributed by atoms with Crippen LogP contribution in [0.15, 0.2) is 48.5 Å². The molecule has 0 saturated carbocycles. The van der Waals surface area contributed by atoms with Crippen LogP contribution in [0.25, 0.3) is 22.5 Å². The average Bonchev–Trinajstić information content (AvgIpc) is 2.72. The lowest BCUT2D eigenvalue weighted by Crippen LogP contribution is -2.23. The maximum atomic E-state index is 14.4. The molecule has 0 bridgehead atoms. The first-order valence-corrected chi connectivity index (χ1v) is 11.1. The second-order valence-electron chi connectivity index (χ2n) is 7.68. The third kappa shape index (κ3) is 4.94. The number of rotatable bonds is 4. The smallest absolute Gasteiger partial charge is 0.223 e. The van der Waals surface area contributed by atoms with Gasteiger partial charge in [0.15, 0.2) is 0 Å². The van der Waals surface area contributed by atoms with Crippen molar-refractivity contribution in [1.29, 1.82) is 0 Å². The zero-order chi connectivity index (χ0) is 23.9. The second-order valence-corrected chi connectivity index (χ2v) is 9.33. The summed E-state index contributed by atoms with van der Waals surface area (Å²) in [4.78, 5) is 16.5. The van der Waals surface area contributed by atoms with E-state index in [1.54, 1.807) is 12.1 Å². The van der Waals surface area contributed by atoms with Gasteiger partial charge in [-0.1, -0.05) is 46.4 Å². The summed E-state index contributed by atoms with van der Waals surface area (Å²) in [5, 5.41) is 0.733. The molecular formula is C23H14Cl4F2N4. The van der Waals surface area contributed by atoms with Gasteiger partial charge < -0.3 is 0 Å². The van der Waals surface area contributed by atoms with Crippen LogP contribution in [0.5, 0.6) is 0 Å². The topological polar surface area (TPSA) is 51.6 Å². The summed E-state index contributed by atoms with van der Waals surface area (Å²) < 4.78 is 28.8. The van der Waals surface area contributed by atoms with Gasteiger partial charge in [-0.05, 0) is 62.4 Å². The van der Waals surface area contributed by atoms with Crippen molar-refractivity contribution in [2.24, 2.45) is 0 Å². The van der Waals surface area contributed by atoms with Crippen molar-refractivity contribution in [2.75, 3.05) is 0 Å². The number of hydrogen-bond donors (Lipinski definition) is 0. The minimum absolute atomic E-state index is 0.0263. The van der Waals surface area contributed by atoms with Gasteiger partial charge in [0, 0.05) is 15.5 Å². The van der Waals surface area contributed by atoms with Crippen molar-refractivity contribution < 1.29 is 8.78 Å². The van der Waals surface area contributed by atoms with Crippen molar-refractivity contribution in [3.05, 3.63) is 92.2 Å². The molecule has 0 saturated heterocycles. The molecular weight excluding hydrogens is 512 g/mol. The third-order valence-electron chi connectivity index (χ3n) is 5.04. The summed E-state index contributed by atoms with van der Waals surface area (Å²) in [6.07, 6.45) is 0. The Labute approximate surface area is 208 Å². The van der Waals surface area contributed by atoms with Gasteiger partial charge in [0.1, 0.15) is 10.3 Å². The Morgan fingerprint density at radius 3 is 1.36 bits per heavy atom. The number of aromatic nitrogens is 4. The summed E-state index contributed by atoms with van der Waals surface area (Å²) in [6, 6.07) is 12.2. The molecule has 0 fully saturated rings. The molecule has 4 aromatic rings. The lowest BCUT2D eigenvalue weighted by molar-refractivity contribution is 0.581. The molecule has 0 amide bonds. The Bertz CT molecular complexity index is 1280. The summed E-state index contributed by atoms with van der Waals surface area (Å²) in [5.41, 5.74) is 1.00. The maximum absolute atomic E-state index is 14.4. The van der Waals surface area contributed by atoms with E-state index < -0.39 is 17.3 Å². The first-order valence-electron chi connectivity index (χ1n) is 9.55. The van der Waals surface area contributed by atoms with Gasteiger partial charge in [-0.3, -0.25) is 9.97 Å². The molecule has 0 aliphatic rings. The number of nitrogens with zero attached hydrogens (tertiary/aromatic N) is 4. The molecule has 4 nitrogen and oxygen atoms in total. The summed E-state index contributed by atoms with van der Waals surface area (Å²) >= 11 is 24.2. The van der Waals surface area contributed by atoms with Crippen LogP contribution >= 0.6 is 46.4 Å². The number of pyridine rings is 4. The van der Waals surface area contributed by atoms with Crippen molar-refractivity contribution in [3.8, 4) is 22.5 Å². The third-order valence-corrected chi connectivity index (χ3v) is 5.90. The molecule has 0 aromatic carbocycles. The van der Waals surface area contributed by atoms with E-state index in [4.69, 9.17) is 46.4 Å². The Morgan fingerprint density at radius 1 is 0.606 bits per heavy atom. The molecule has 168 valence electrons.